The molecule has 2 bridgehead atoms. The third kappa shape index (κ3) is 4.14. The van der Waals surface area contributed by atoms with Crippen LogP contribution in [0.1, 0.15) is 23.3 Å². The Morgan fingerprint density at radius 1 is 1.20 bits per heavy atom. The molecule has 2 aliphatic rings. The summed E-state index contributed by atoms with van der Waals surface area (Å²) >= 11 is 0. The number of carbonyl (C=O) groups excluding carboxylic acids is 2. The Hall–Kier alpha value is -3.37. The predicted octanol–water partition coefficient (Wildman–Crippen LogP) is 2.79. The molecule has 11 heteroatoms. The van der Waals surface area contributed by atoms with Crippen molar-refractivity contribution < 1.29 is 22.8 Å². The quantitative estimate of drug-likeness (QED) is 0.794. The summed E-state index contributed by atoms with van der Waals surface area (Å²) in [5, 5.41) is 4.95. The molecule has 3 amide bonds. The van der Waals surface area contributed by atoms with Gasteiger partial charge in [0.15, 0.2) is 5.82 Å². The van der Waals surface area contributed by atoms with E-state index in [9.17, 15) is 22.8 Å². The number of anilines is 3. The van der Waals surface area contributed by atoms with Crippen LogP contribution in [-0.2, 0) is 0 Å². The third-order valence-electron chi connectivity index (χ3n) is 5.00. The molecular formula is C19H19F3N6O2. The van der Waals surface area contributed by atoms with Crippen LogP contribution in [0.3, 0.4) is 0 Å². The lowest BCUT2D eigenvalue weighted by atomic mass is 10.1. The highest BCUT2D eigenvalue weighted by Gasteiger charge is 2.40. The zero-order chi connectivity index (χ0) is 21.3. The Morgan fingerprint density at radius 3 is 2.77 bits per heavy atom. The van der Waals surface area contributed by atoms with E-state index < -0.39 is 31.1 Å². The van der Waals surface area contributed by atoms with Gasteiger partial charge in [-0.25, -0.2) is 14.8 Å². The molecule has 1 unspecified atom stereocenters. The van der Waals surface area contributed by atoms with Gasteiger partial charge >= 0.3 is 12.2 Å². The van der Waals surface area contributed by atoms with Gasteiger partial charge in [-0.05, 0) is 30.7 Å². The van der Waals surface area contributed by atoms with E-state index in [0.29, 0.717) is 23.9 Å². The number of hydrogen-bond acceptors (Lipinski definition) is 5. The summed E-state index contributed by atoms with van der Waals surface area (Å²) in [6, 6.07) is 7.69. The Labute approximate surface area is 170 Å². The van der Waals surface area contributed by atoms with E-state index in [0.717, 1.165) is 13.0 Å². The van der Waals surface area contributed by atoms with Crippen LogP contribution < -0.4 is 20.4 Å². The summed E-state index contributed by atoms with van der Waals surface area (Å²) < 4.78 is 37.0. The van der Waals surface area contributed by atoms with Crippen molar-refractivity contribution in [1.29, 1.82) is 0 Å². The summed E-state index contributed by atoms with van der Waals surface area (Å²) in [5.41, 5.74) is 0.654. The van der Waals surface area contributed by atoms with Crippen molar-refractivity contribution in [2.45, 2.75) is 25.1 Å². The normalized spacial score (nSPS) is 17.5. The molecular weight excluding hydrogens is 401 g/mol. The molecule has 2 N–H and O–H groups in total. The fourth-order valence-corrected chi connectivity index (χ4v) is 3.61. The molecule has 1 saturated heterocycles. The molecule has 0 aliphatic carbocycles. The molecule has 0 spiro atoms. The maximum atomic E-state index is 13.0. The number of pyridine rings is 2. The third-order valence-corrected chi connectivity index (χ3v) is 5.00. The molecule has 2 aliphatic heterocycles. The van der Waals surface area contributed by atoms with Gasteiger partial charge in [0.1, 0.15) is 11.5 Å². The number of halogens is 3. The van der Waals surface area contributed by atoms with Gasteiger partial charge in [0.25, 0.3) is 5.91 Å². The Kier molecular flexibility index (Phi) is 5.18. The fourth-order valence-electron chi connectivity index (χ4n) is 3.61. The van der Waals surface area contributed by atoms with Crippen LogP contribution >= 0.6 is 0 Å². The van der Waals surface area contributed by atoms with E-state index in [2.05, 4.69) is 25.5 Å². The Morgan fingerprint density at radius 2 is 2.03 bits per heavy atom. The molecule has 2 aromatic heterocycles. The van der Waals surface area contributed by atoms with E-state index in [1.165, 1.54) is 11.0 Å². The zero-order valence-corrected chi connectivity index (χ0v) is 15.8. The lowest BCUT2D eigenvalue weighted by Crippen LogP contribution is -2.48. The van der Waals surface area contributed by atoms with Crippen molar-refractivity contribution in [3.63, 3.8) is 0 Å². The van der Waals surface area contributed by atoms with Crippen LogP contribution in [0.2, 0.25) is 0 Å². The number of aromatic nitrogens is 2. The number of nitrogens with zero attached hydrogens (tertiary/aromatic N) is 4. The lowest BCUT2D eigenvalue weighted by Gasteiger charge is -2.35. The highest BCUT2D eigenvalue weighted by atomic mass is 19.4. The van der Waals surface area contributed by atoms with E-state index in [1.54, 1.807) is 30.5 Å². The number of carbonyl (C=O) groups is 2. The van der Waals surface area contributed by atoms with Crippen LogP contribution in [0, 0.1) is 0 Å². The zero-order valence-electron chi connectivity index (χ0n) is 15.8. The highest BCUT2D eigenvalue weighted by Crippen LogP contribution is 2.39. The minimum atomic E-state index is -4.36. The number of amides is 3. The molecule has 4 rings (SSSR count). The maximum absolute atomic E-state index is 13.0. The molecule has 4 heterocycles. The topological polar surface area (TPSA) is 90.5 Å². The van der Waals surface area contributed by atoms with Crippen molar-refractivity contribution in [1.82, 2.24) is 15.3 Å². The molecule has 158 valence electrons. The Bertz CT molecular complexity index is 953. The van der Waals surface area contributed by atoms with Crippen LogP contribution in [0.25, 0.3) is 0 Å². The van der Waals surface area contributed by atoms with Crippen LogP contribution in [0.15, 0.2) is 36.5 Å². The largest absolute Gasteiger partial charge is 0.390 e. The van der Waals surface area contributed by atoms with E-state index in [-0.39, 0.29) is 11.7 Å². The molecule has 1 atom stereocenters. The van der Waals surface area contributed by atoms with Crippen molar-refractivity contribution in [3.8, 4) is 0 Å². The predicted molar refractivity (Wildman–Crippen MR) is 104 cm³/mol. The van der Waals surface area contributed by atoms with E-state index >= 15 is 0 Å². The molecule has 1 fully saturated rings. The molecule has 0 radical (unpaired) electrons. The lowest BCUT2D eigenvalue weighted by molar-refractivity contribution is -0.133. The van der Waals surface area contributed by atoms with Gasteiger partial charge in [-0.1, -0.05) is 6.07 Å². The van der Waals surface area contributed by atoms with Crippen LogP contribution in [-0.4, -0.2) is 53.8 Å². The van der Waals surface area contributed by atoms with Crippen LogP contribution in [0.5, 0.6) is 0 Å². The minimum Gasteiger partial charge on any atom is -0.366 e. The molecule has 0 saturated carbocycles. The van der Waals surface area contributed by atoms with Gasteiger partial charge < -0.3 is 10.2 Å². The fraction of sp³-hybridized carbons (Fsp3) is 0.368. The van der Waals surface area contributed by atoms with Gasteiger partial charge in [0.05, 0.1) is 18.2 Å². The standard InChI is InChI=1S/C19H19F3N6O2/c20-19(21,22)7-9-24-17(29)13-4-5-14-16(25-13)28(12-6-10-27(14)11-12)18(30)26-15-3-1-2-8-23-15/h1-5,8,12H,6-7,9-11H2,(H,24,29)(H,23,26,30). The van der Waals surface area contributed by atoms with Crippen LogP contribution in [0.4, 0.5) is 35.3 Å². The first-order valence-electron chi connectivity index (χ1n) is 9.44. The van der Waals surface area contributed by atoms with Crippen molar-refractivity contribution in [3.05, 3.63) is 42.2 Å². The number of alkyl halides is 3. The molecule has 2 aromatic rings. The van der Waals surface area contributed by atoms with Gasteiger partial charge in [-0.2, -0.15) is 13.2 Å². The minimum absolute atomic E-state index is 0.0472. The monoisotopic (exact) mass is 420 g/mol. The van der Waals surface area contributed by atoms with Crippen molar-refractivity contribution >= 4 is 29.3 Å². The second kappa shape index (κ2) is 7.81. The first-order chi connectivity index (χ1) is 14.3. The number of fused-ring (bicyclic) bond motifs is 4. The second-order valence-electron chi connectivity index (χ2n) is 7.06. The average molecular weight is 420 g/mol. The van der Waals surface area contributed by atoms with Gasteiger partial charge in [-0.3, -0.25) is 15.0 Å². The number of rotatable bonds is 4. The number of urea groups is 1. The van der Waals surface area contributed by atoms with Crippen molar-refractivity contribution in [2.24, 2.45) is 0 Å². The van der Waals surface area contributed by atoms with E-state index in [4.69, 9.17) is 0 Å². The van der Waals surface area contributed by atoms with E-state index in [1.807, 2.05) is 0 Å². The second-order valence-corrected chi connectivity index (χ2v) is 7.06. The summed E-state index contributed by atoms with van der Waals surface area (Å²) in [5.74, 6) is -0.0359. The molecule has 30 heavy (non-hydrogen) atoms. The maximum Gasteiger partial charge on any atom is 0.390 e. The molecule has 8 nitrogen and oxygen atoms in total. The summed E-state index contributed by atoms with van der Waals surface area (Å²) in [7, 11) is 0. The molecule has 0 aromatic carbocycles. The first kappa shape index (κ1) is 19.9. The smallest absolute Gasteiger partial charge is 0.366 e. The van der Waals surface area contributed by atoms with Crippen molar-refractivity contribution in [2.75, 3.05) is 34.8 Å². The SMILES string of the molecule is O=C(NCCC(F)(F)F)c1ccc2c(n1)N(C(=O)Nc1ccccn1)C1CCN2C1. The number of nitrogens with one attached hydrogen (secondary N) is 2. The number of hydrogen-bond donors (Lipinski definition) is 2. The average Bonchev–Trinajstić information content (AvgIpc) is 3.11. The van der Waals surface area contributed by atoms with Gasteiger partial charge in [0, 0.05) is 25.8 Å². The summed E-state index contributed by atoms with van der Waals surface area (Å²) in [6.45, 7) is 0.838. The Balaban J connectivity index is 1.56. The summed E-state index contributed by atoms with van der Waals surface area (Å²) in [4.78, 5) is 37.2. The highest BCUT2D eigenvalue weighted by molar-refractivity contribution is 6.05. The first-order valence-corrected chi connectivity index (χ1v) is 9.44. The van der Waals surface area contributed by atoms with Gasteiger partial charge in [0.2, 0.25) is 0 Å². The van der Waals surface area contributed by atoms with Gasteiger partial charge in [-0.15, -0.1) is 0 Å². The summed E-state index contributed by atoms with van der Waals surface area (Å²) in [6.07, 6.45) is -3.20.